The number of hydrogen-bond donors (Lipinski definition) is 0. The van der Waals surface area contributed by atoms with Crippen LogP contribution in [0.25, 0.3) is 32.3 Å². The van der Waals surface area contributed by atoms with Crippen molar-refractivity contribution in [2.75, 3.05) is 13.6 Å². The Balaban J connectivity index is 1.04. The molecular weight excluding hydrogens is 709 g/mol. The van der Waals surface area contributed by atoms with E-state index in [1.807, 2.05) is 30.3 Å². The molecule has 0 saturated carbocycles. The van der Waals surface area contributed by atoms with Crippen LogP contribution in [0.15, 0.2) is 103 Å². The predicted octanol–water partition coefficient (Wildman–Crippen LogP) is 10.0. The summed E-state index contributed by atoms with van der Waals surface area (Å²) in [6.07, 6.45) is -4.35. The van der Waals surface area contributed by atoms with Crippen molar-refractivity contribution in [1.29, 1.82) is 0 Å². The Kier molecular flexibility index (Phi) is 7.39. The van der Waals surface area contributed by atoms with Crippen molar-refractivity contribution in [2.24, 2.45) is 0 Å². The fourth-order valence-electron chi connectivity index (χ4n) is 6.11. The standard InChI is InChI=1S/C37H30F4INO3/c1-35(2)30-9-4-5-10-31(30)42(46-35)36(38,39)37(40,41)45-27-17-11-23(12-18-27)21-22-43(3)34(44)29-20-16-26-14-13-24-7-6-8-25-15-19-28(29)33(26)32(24)25/h4-20H,21-22H2,1-3H3. The number of amides is 1. The van der Waals surface area contributed by atoms with E-state index < -0.39 is 35.9 Å². The minimum absolute atomic E-state index is 0.136. The summed E-state index contributed by atoms with van der Waals surface area (Å²) in [5.41, 5.74) is 0.754. The average Bonchev–Trinajstić information content (AvgIpc) is 3.33. The first-order valence-electron chi connectivity index (χ1n) is 14.8. The van der Waals surface area contributed by atoms with Gasteiger partial charge in [0, 0.05) is 0 Å². The number of halogens is 5. The number of rotatable bonds is 8. The minimum Gasteiger partial charge on any atom is -0.0610 e. The smallest absolute Gasteiger partial charge is 0.0610 e. The molecule has 0 saturated heterocycles. The van der Waals surface area contributed by atoms with Crippen LogP contribution in [-0.2, 0) is 15.1 Å². The Hall–Kier alpha value is -3.96. The normalized spacial score (nSPS) is 15.5. The van der Waals surface area contributed by atoms with Crippen molar-refractivity contribution in [3.63, 3.8) is 0 Å². The number of benzene rings is 6. The molecule has 4 nitrogen and oxygen atoms in total. The fourth-order valence-corrected chi connectivity index (χ4v) is 11.3. The van der Waals surface area contributed by atoms with Gasteiger partial charge in [0.2, 0.25) is 0 Å². The van der Waals surface area contributed by atoms with Crippen LogP contribution in [0, 0.1) is 3.57 Å². The molecule has 0 aromatic heterocycles. The van der Waals surface area contributed by atoms with Crippen LogP contribution in [0.1, 0.15) is 35.3 Å². The zero-order valence-corrected chi connectivity index (χ0v) is 27.4. The summed E-state index contributed by atoms with van der Waals surface area (Å²) in [4.78, 5) is 15.2. The van der Waals surface area contributed by atoms with Gasteiger partial charge in [0.15, 0.2) is 0 Å². The average molecular weight is 740 g/mol. The van der Waals surface area contributed by atoms with E-state index >= 15 is 17.6 Å². The van der Waals surface area contributed by atoms with E-state index in [4.69, 9.17) is 3.07 Å². The number of fused-ring (bicyclic) bond motifs is 1. The van der Waals surface area contributed by atoms with Crippen molar-refractivity contribution in [1.82, 2.24) is 4.90 Å². The number of likely N-dealkylation sites (N-methyl/N-ethyl adjacent to an activating group) is 1. The van der Waals surface area contributed by atoms with Crippen LogP contribution in [0.4, 0.5) is 17.6 Å². The number of nitrogens with zero attached hydrogens (tertiary/aromatic N) is 1. The molecule has 1 heterocycles. The molecule has 7 rings (SSSR count). The monoisotopic (exact) mass is 739 g/mol. The summed E-state index contributed by atoms with van der Waals surface area (Å²) in [6, 6.07) is 30.0. The molecule has 1 aliphatic heterocycles. The van der Waals surface area contributed by atoms with Crippen LogP contribution in [0.2, 0.25) is 0 Å². The van der Waals surface area contributed by atoms with E-state index in [1.165, 1.54) is 18.2 Å². The van der Waals surface area contributed by atoms with E-state index in [0.29, 0.717) is 24.1 Å². The molecule has 0 N–H and O–H groups in total. The summed E-state index contributed by atoms with van der Waals surface area (Å²) in [5.74, 6) is -0.516. The Morgan fingerprint density at radius 3 is 2.15 bits per heavy atom. The van der Waals surface area contributed by atoms with Gasteiger partial charge >= 0.3 is 185 Å². The number of alkyl halides is 5. The van der Waals surface area contributed by atoms with Crippen LogP contribution in [0.5, 0.6) is 5.75 Å². The first kappa shape index (κ1) is 30.7. The quantitative estimate of drug-likeness (QED) is 0.0676. The molecule has 236 valence electrons. The third-order valence-corrected chi connectivity index (χ3v) is 13.9. The molecule has 0 radical (unpaired) electrons. The van der Waals surface area contributed by atoms with Gasteiger partial charge < -0.3 is 0 Å². The molecule has 9 heteroatoms. The molecule has 6 aromatic rings. The van der Waals surface area contributed by atoms with Gasteiger partial charge in [-0.1, -0.05) is 48.5 Å². The third-order valence-electron chi connectivity index (χ3n) is 8.53. The Bertz CT molecular complexity index is 2080. The zero-order valence-electron chi connectivity index (χ0n) is 25.3. The van der Waals surface area contributed by atoms with Gasteiger partial charge in [-0.25, -0.2) is 0 Å². The molecule has 0 aliphatic carbocycles. The van der Waals surface area contributed by atoms with Crippen molar-refractivity contribution in [3.05, 3.63) is 123 Å². The van der Waals surface area contributed by atoms with Crippen LogP contribution in [0.3, 0.4) is 0 Å². The van der Waals surface area contributed by atoms with E-state index in [1.54, 1.807) is 56.1 Å². The van der Waals surface area contributed by atoms with Gasteiger partial charge in [-0.2, -0.15) is 0 Å². The van der Waals surface area contributed by atoms with Gasteiger partial charge in [0.1, 0.15) is 0 Å². The zero-order chi connectivity index (χ0) is 32.4. The number of carbonyl (C=O) groups excluding carboxylic acids is 1. The molecule has 1 aliphatic rings. The van der Waals surface area contributed by atoms with Gasteiger partial charge in [-0.05, 0) is 38.4 Å². The van der Waals surface area contributed by atoms with Crippen LogP contribution < -0.4 is 4.74 Å². The van der Waals surface area contributed by atoms with Gasteiger partial charge in [-0.15, -0.1) is 0 Å². The summed E-state index contributed by atoms with van der Waals surface area (Å²) in [7, 11) is 1.72. The van der Waals surface area contributed by atoms with Crippen molar-refractivity contribution in [2.45, 2.75) is 35.9 Å². The summed E-state index contributed by atoms with van der Waals surface area (Å²) in [6.45, 7) is 3.57. The number of hydrogen-bond acceptors (Lipinski definition) is 3. The van der Waals surface area contributed by atoms with E-state index in [9.17, 15) is 4.79 Å². The van der Waals surface area contributed by atoms with Gasteiger partial charge in [0.05, 0.1) is 0 Å². The maximum absolute atomic E-state index is 15.4. The Morgan fingerprint density at radius 2 is 1.43 bits per heavy atom. The predicted molar refractivity (Wildman–Crippen MR) is 181 cm³/mol. The Labute approximate surface area is 271 Å². The number of ether oxygens (including phenoxy) is 1. The van der Waals surface area contributed by atoms with Gasteiger partial charge in [0.25, 0.3) is 0 Å². The van der Waals surface area contributed by atoms with Crippen molar-refractivity contribution < 1.29 is 30.2 Å². The SMILES string of the molecule is CN(CCc1ccc(OC(F)(F)C(F)(F)I2OC(C)(C)c3ccccc32)cc1)C(=O)c1ccc2ccc3cccc4ccc1c2c34. The summed E-state index contributed by atoms with van der Waals surface area (Å²) in [5, 5.41) is 6.38. The maximum atomic E-state index is 15.4. The van der Waals surface area contributed by atoms with Crippen molar-refractivity contribution in [3.8, 4) is 5.75 Å². The van der Waals surface area contributed by atoms with E-state index in [0.717, 1.165) is 37.9 Å². The number of carbonyl (C=O) groups is 1. The first-order chi connectivity index (χ1) is 21.9. The fraction of sp³-hybridized carbons (Fsp3) is 0.216. The molecule has 0 spiro atoms. The summed E-state index contributed by atoms with van der Waals surface area (Å²) < 4.78 is 66.8. The van der Waals surface area contributed by atoms with E-state index in [-0.39, 0.29) is 15.2 Å². The van der Waals surface area contributed by atoms with Crippen molar-refractivity contribution >= 4 is 58.5 Å². The third kappa shape index (κ3) is 5.04. The van der Waals surface area contributed by atoms with Gasteiger partial charge in [-0.3, -0.25) is 0 Å². The minimum atomic E-state index is -4.78. The molecule has 6 aromatic carbocycles. The Morgan fingerprint density at radius 1 is 0.804 bits per heavy atom. The molecular formula is C37H30F4INO3. The molecule has 0 atom stereocenters. The van der Waals surface area contributed by atoms with Crippen LogP contribution >= 0.6 is 20.2 Å². The van der Waals surface area contributed by atoms with Crippen LogP contribution in [-0.4, -0.2) is 34.4 Å². The first-order valence-corrected chi connectivity index (χ1v) is 17.9. The van der Waals surface area contributed by atoms with E-state index in [2.05, 4.69) is 29.0 Å². The second-order valence-electron chi connectivity index (χ2n) is 12.0. The summed E-state index contributed by atoms with van der Waals surface area (Å²) >= 11 is -4.15. The second kappa shape index (κ2) is 11.1. The molecule has 46 heavy (non-hydrogen) atoms. The molecule has 0 unspecified atom stereocenters. The topological polar surface area (TPSA) is 38.8 Å². The second-order valence-corrected chi connectivity index (χ2v) is 16.4. The molecule has 0 fully saturated rings. The molecule has 1 amide bonds. The molecule has 0 bridgehead atoms.